The summed E-state index contributed by atoms with van der Waals surface area (Å²) in [7, 11) is 0. The number of para-hydroxylation sites is 1. The molecule has 0 saturated carbocycles. The van der Waals surface area contributed by atoms with E-state index in [9.17, 15) is 9.59 Å². The van der Waals surface area contributed by atoms with Crippen molar-refractivity contribution in [3.8, 4) is 0 Å². The topological polar surface area (TPSA) is 83.5 Å². The van der Waals surface area contributed by atoms with Crippen LogP contribution >= 0.6 is 0 Å². The minimum atomic E-state index is -0.602. The third-order valence-electron chi connectivity index (χ3n) is 3.14. The molecule has 1 aromatic heterocycles. The molecule has 6 nitrogen and oxygen atoms in total. The SMILES string of the molecule is CCOC(=O)c1cc2cccc(N)c2n1CC(=O)OC(C)(C)C. The molecule has 6 heteroatoms. The molecular formula is C17H22N2O4. The third kappa shape index (κ3) is 3.83. The zero-order chi connectivity index (χ0) is 17.2. The van der Waals surface area contributed by atoms with Gasteiger partial charge >= 0.3 is 11.9 Å². The van der Waals surface area contributed by atoms with E-state index in [4.69, 9.17) is 15.2 Å². The zero-order valence-corrected chi connectivity index (χ0v) is 13.9. The number of fused-ring (bicyclic) bond motifs is 1. The van der Waals surface area contributed by atoms with Crippen molar-refractivity contribution in [1.29, 1.82) is 0 Å². The highest BCUT2D eigenvalue weighted by molar-refractivity contribution is 6.00. The summed E-state index contributed by atoms with van der Waals surface area (Å²) in [6.45, 7) is 7.25. The van der Waals surface area contributed by atoms with E-state index in [1.54, 1.807) is 50.5 Å². The van der Waals surface area contributed by atoms with Crippen LogP contribution in [-0.2, 0) is 20.8 Å². The molecule has 0 aliphatic heterocycles. The molecule has 0 aliphatic rings. The number of rotatable bonds is 4. The molecule has 0 fully saturated rings. The van der Waals surface area contributed by atoms with Crippen molar-refractivity contribution in [2.24, 2.45) is 0 Å². The Bertz CT molecular complexity index is 741. The molecule has 23 heavy (non-hydrogen) atoms. The maximum Gasteiger partial charge on any atom is 0.354 e. The fourth-order valence-electron chi connectivity index (χ4n) is 2.40. The molecule has 2 rings (SSSR count). The molecule has 0 radical (unpaired) electrons. The number of carbonyl (C=O) groups is 2. The van der Waals surface area contributed by atoms with Crippen molar-refractivity contribution >= 4 is 28.5 Å². The van der Waals surface area contributed by atoms with E-state index in [0.29, 0.717) is 11.2 Å². The van der Waals surface area contributed by atoms with E-state index in [0.717, 1.165) is 5.39 Å². The number of aromatic nitrogens is 1. The van der Waals surface area contributed by atoms with Gasteiger partial charge in [0.25, 0.3) is 0 Å². The highest BCUT2D eigenvalue weighted by Crippen LogP contribution is 2.26. The highest BCUT2D eigenvalue weighted by Gasteiger charge is 2.22. The molecule has 0 aliphatic carbocycles. The van der Waals surface area contributed by atoms with Crippen LogP contribution in [0.4, 0.5) is 5.69 Å². The Morgan fingerprint density at radius 1 is 1.26 bits per heavy atom. The second-order valence-corrected chi connectivity index (χ2v) is 6.21. The van der Waals surface area contributed by atoms with Crippen molar-refractivity contribution in [1.82, 2.24) is 4.57 Å². The minimum absolute atomic E-state index is 0.108. The van der Waals surface area contributed by atoms with E-state index in [2.05, 4.69) is 0 Å². The number of esters is 2. The van der Waals surface area contributed by atoms with Gasteiger partial charge < -0.3 is 19.8 Å². The van der Waals surface area contributed by atoms with Crippen LogP contribution in [0.5, 0.6) is 0 Å². The lowest BCUT2D eigenvalue weighted by Gasteiger charge is -2.20. The average molecular weight is 318 g/mol. The summed E-state index contributed by atoms with van der Waals surface area (Å²) >= 11 is 0. The summed E-state index contributed by atoms with van der Waals surface area (Å²) < 4.78 is 12.0. The molecule has 1 heterocycles. The molecule has 0 saturated heterocycles. The molecule has 0 atom stereocenters. The largest absolute Gasteiger partial charge is 0.461 e. The fourth-order valence-corrected chi connectivity index (χ4v) is 2.40. The van der Waals surface area contributed by atoms with Crippen LogP contribution in [0.3, 0.4) is 0 Å². The number of ether oxygens (including phenoxy) is 2. The maximum absolute atomic E-state index is 12.2. The van der Waals surface area contributed by atoms with Gasteiger partial charge in [0, 0.05) is 5.39 Å². The van der Waals surface area contributed by atoms with Gasteiger partial charge in [-0.15, -0.1) is 0 Å². The monoisotopic (exact) mass is 318 g/mol. The number of benzene rings is 1. The normalized spacial score (nSPS) is 11.5. The first-order valence-corrected chi connectivity index (χ1v) is 7.49. The van der Waals surface area contributed by atoms with Gasteiger partial charge in [-0.05, 0) is 39.8 Å². The van der Waals surface area contributed by atoms with Gasteiger partial charge in [0.1, 0.15) is 17.8 Å². The Kier molecular flexibility index (Phi) is 4.63. The number of carbonyl (C=O) groups excluding carboxylic acids is 2. The van der Waals surface area contributed by atoms with Crippen LogP contribution in [0.2, 0.25) is 0 Å². The molecule has 1 aromatic carbocycles. The Hall–Kier alpha value is -2.50. The van der Waals surface area contributed by atoms with Crippen molar-refractivity contribution in [2.75, 3.05) is 12.3 Å². The number of anilines is 1. The van der Waals surface area contributed by atoms with Gasteiger partial charge in [-0.3, -0.25) is 4.79 Å². The van der Waals surface area contributed by atoms with E-state index < -0.39 is 17.5 Å². The Morgan fingerprint density at radius 3 is 2.57 bits per heavy atom. The summed E-state index contributed by atoms with van der Waals surface area (Å²) in [5.41, 5.74) is 6.82. The van der Waals surface area contributed by atoms with Crippen molar-refractivity contribution in [3.63, 3.8) is 0 Å². The lowest BCUT2D eigenvalue weighted by molar-refractivity contribution is -0.155. The van der Waals surface area contributed by atoms with Crippen LogP contribution < -0.4 is 5.73 Å². The van der Waals surface area contributed by atoms with E-state index in [1.165, 1.54) is 0 Å². The second kappa shape index (κ2) is 6.32. The van der Waals surface area contributed by atoms with Crippen LogP contribution in [0, 0.1) is 0 Å². The fraction of sp³-hybridized carbons (Fsp3) is 0.412. The summed E-state index contributed by atoms with van der Waals surface area (Å²) in [6, 6.07) is 7.03. The number of hydrogen-bond donors (Lipinski definition) is 1. The smallest absolute Gasteiger partial charge is 0.354 e. The lowest BCUT2D eigenvalue weighted by Crippen LogP contribution is -2.27. The molecule has 0 unspecified atom stereocenters. The summed E-state index contributed by atoms with van der Waals surface area (Å²) in [4.78, 5) is 24.4. The number of nitrogens with zero attached hydrogens (tertiary/aromatic N) is 1. The van der Waals surface area contributed by atoms with Gasteiger partial charge in [0.2, 0.25) is 0 Å². The summed E-state index contributed by atoms with van der Waals surface area (Å²) in [5, 5.41) is 0.775. The third-order valence-corrected chi connectivity index (χ3v) is 3.14. The summed E-state index contributed by atoms with van der Waals surface area (Å²) in [5.74, 6) is -0.935. The number of nitrogen functional groups attached to an aromatic ring is 1. The van der Waals surface area contributed by atoms with E-state index in [1.807, 2.05) is 6.07 Å². The maximum atomic E-state index is 12.2. The van der Waals surface area contributed by atoms with Crippen molar-refractivity contribution in [3.05, 3.63) is 30.0 Å². The van der Waals surface area contributed by atoms with E-state index >= 15 is 0 Å². The van der Waals surface area contributed by atoms with E-state index in [-0.39, 0.29) is 18.8 Å². The quantitative estimate of drug-likeness (QED) is 0.692. The Labute approximate surface area is 135 Å². The molecular weight excluding hydrogens is 296 g/mol. The predicted octanol–water partition coefficient (Wildman–Crippen LogP) is 2.74. The van der Waals surface area contributed by atoms with Crippen LogP contribution in [0.1, 0.15) is 38.2 Å². The molecule has 0 bridgehead atoms. The highest BCUT2D eigenvalue weighted by atomic mass is 16.6. The molecule has 0 amide bonds. The first-order valence-electron chi connectivity index (χ1n) is 7.49. The minimum Gasteiger partial charge on any atom is -0.461 e. The van der Waals surface area contributed by atoms with Gasteiger partial charge in [-0.2, -0.15) is 0 Å². The van der Waals surface area contributed by atoms with Gasteiger partial charge in [-0.1, -0.05) is 12.1 Å². The van der Waals surface area contributed by atoms with Gasteiger partial charge in [-0.25, -0.2) is 4.79 Å². The first kappa shape index (κ1) is 16.9. The second-order valence-electron chi connectivity index (χ2n) is 6.21. The molecule has 2 aromatic rings. The van der Waals surface area contributed by atoms with Gasteiger partial charge in [0.05, 0.1) is 17.8 Å². The van der Waals surface area contributed by atoms with Crippen molar-refractivity contribution in [2.45, 2.75) is 39.8 Å². The molecule has 124 valence electrons. The Balaban J connectivity index is 2.48. The standard InChI is InChI=1S/C17H22N2O4/c1-5-22-16(21)13-9-11-7-6-8-12(18)15(11)19(13)10-14(20)23-17(2,3)4/h6-9H,5,10,18H2,1-4H3. The van der Waals surface area contributed by atoms with Crippen LogP contribution in [-0.4, -0.2) is 28.7 Å². The lowest BCUT2D eigenvalue weighted by atomic mass is 10.2. The summed E-state index contributed by atoms with van der Waals surface area (Å²) in [6.07, 6.45) is 0. The number of hydrogen-bond acceptors (Lipinski definition) is 5. The van der Waals surface area contributed by atoms with Crippen molar-refractivity contribution < 1.29 is 19.1 Å². The van der Waals surface area contributed by atoms with Gasteiger partial charge in [0.15, 0.2) is 0 Å². The predicted molar refractivity (Wildman–Crippen MR) is 88.2 cm³/mol. The number of nitrogens with two attached hydrogens (primary N) is 1. The first-order chi connectivity index (χ1) is 10.7. The Morgan fingerprint density at radius 2 is 1.96 bits per heavy atom. The molecule has 2 N–H and O–H groups in total. The average Bonchev–Trinajstić information content (AvgIpc) is 2.77. The molecule has 0 spiro atoms. The van der Waals surface area contributed by atoms with Crippen LogP contribution in [0.25, 0.3) is 10.9 Å². The zero-order valence-electron chi connectivity index (χ0n) is 13.9. The van der Waals surface area contributed by atoms with Crippen LogP contribution in [0.15, 0.2) is 24.3 Å².